The zero-order valence-electron chi connectivity index (χ0n) is 12.7. The molecule has 0 bridgehead atoms. The van der Waals surface area contributed by atoms with Crippen LogP contribution in [-0.4, -0.2) is 14.8 Å². The van der Waals surface area contributed by atoms with Crippen LogP contribution in [0.25, 0.3) is 11.0 Å². The van der Waals surface area contributed by atoms with Crippen molar-refractivity contribution in [3.05, 3.63) is 53.3 Å². The largest absolute Gasteiger partial charge is 0.381 e. The van der Waals surface area contributed by atoms with Gasteiger partial charge in [-0.1, -0.05) is 25.1 Å². The summed E-state index contributed by atoms with van der Waals surface area (Å²) in [5, 5.41) is 9.04. The number of anilines is 1. The molecule has 3 rings (SSSR count). The Morgan fingerprint density at radius 3 is 2.86 bits per heavy atom. The lowest BCUT2D eigenvalue weighted by atomic mass is 10.1. The van der Waals surface area contributed by atoms with Crippen molar-refractivity contribution in [2.24, 2.45) is 7.05 Å². The minimum Gasteiger partial charge on any atom is -0.381 e. The molecular weight excluding hydrogens is 260 g/mol. The van der Waals surface area contributed by atoms with E-state index in [0.717, 1.165) is 29.7 Å². The van der Waals surface area contributed by atoms with Gasteiger partial charge in [-0.15, -0.1) is 0 Å². The fourth-order valence-electron chi connectivity index (χ4n) is 2.65. The van der Waals surface area contributed by atoms with E-state index in [1.165, 1.54) is 16.8 Å². The van der Waals surface area contributed by atoms with Gasteiger partial charge in [0.25, 0.3) is 0 Å². The van der Waals surface area contributed by atoms with E-state index in [0.29, 0.717) is 0 Å². The minimum absolute atomic E-state index is 0.772. The zero-order chi connectivity index (χ0) is 14.8. The summed E-state index contributed by atoms with van der Waals surface area (Å²) >= 11 is 0. The van der Waals surface area contributed by atoms with Crippen molar-refractivity contribution in [2.45, 2.75) is 26.8 Å². The van der Waals surface area contributed by atoms with E-state index in [1.54, 1.807) is 0 Å². The molecule has 108 valence electrons. The van der Waals surface area contributed by atoms with Crippen molar-refractivity contribution in [2.75, 3.05) is 5.32 Å². The van der Waals surface area contributed by atoms with Gasteiger partial charge in [0.2, 0.25) is 0 Å². The molecule has 3 aromatic rings. The SMILES string of the molecule is CCc1ccccc1NCc1cnc2c(c1)c(C)nn2C. The fourth-order valence-corrected chi connectivity index (χ4v) is 2.65. The molecule has 0 unspecified atom stereocenters. The Morgan fingerprint density at radius 2 is 2.05 bits per heavy atom. The molecule has 0 saturated carbocycles. The first-order chi connectivity index (χ1) is 10.2. The molecule has 2 heterocycles. The maximum absolute atomic E-state index is 4.52. The molecule has 4 nitrogen and oxygen atoms in total. The summed E-state index contributed by atoms with van der Waals surface area (Å²) in [7, 11) is 1.93. The van der Waals surface area contributed by atoms with Crippen LogP contribution in [0.4, 0.5) is 5.69 Å². The van der Waals surface area contributed by atoms with Crippen molar-refractivity contribution in [1.29, 1.82) is 0 Å². The van der Waals surface area contributed by atoms with Crippen LogP contribution in [0.2, 0.25) is 0 Å². The van der Waals surface area contributed by atoms with Gasteiger partial charge in [0.1, 0.15) is 0 Å². The number of fused-ring (bicyclic) bond motifs is 1. The van der Waals surface area contributed by atoms with Crippen LogP contribution in [0.3, 0.4) is 0 Å². The number of nitrogens with zero attached hydrogens (tertiary/aromatic N) is 3. The van der Waals surface area contributed by atoms with Gasteiger partial charge in [-0.2, -0.15) is 5.10 Å². The minimum atomic E-state index is 0.772. The van der Waals surface area contributed by atoms with Crippen molar-refractivity contribution in [1.82, 2.24) is 14.8 Å². The second-order valence-electron chi connectivity index (χ2n) is 5.29. The van der Waals surface area contributed by atoms with E-state index in [9.17, 15) is 0 Å². The number of nitrogens with one attached hydrogen (secondary N) is 1. The maximum atomic E-state index is 4.52. The lowest BCUT2D eigenvalue weighted by Gasteiger charge is -2.10. The average molecular weight is 280 g/mol. The number of aromatic nitrogens is 3. The predicted molar refractivity (Wildman–Crippen MR) is 86.4 cm³/mol. The summed E-state index contributed by atoms with van der Waals surface area (Å²) in [5.41, 5.74) is 5.66. The summed E-state index contributed by atoms with van der Waals surface area (Å²) in [6.07, 6.45) is 2.95. The van der Waals surface area contributed by atoms with Crippen LogP contribution in [0.1, 0.15) is 23.7 Å². The van der Waals surface area contributed by atoms with Crippen LogP contribution < -0.4 is 5.32 Å². The monoisotopic (exact) mass is 280 g/mol. The Bertz CT molecular complexity index is 774. The van der Waals surface area contributed by atoms with Crippen molar-refractivity contribution < 1.29 is 0 Å². The van der Waals surface area contributed by atoms with Gasteiger partial charge in [0.15, 0.2) is 5.65 Å². The predicted octanol–water partition coefficient (Wildman–Crippen LogP) is 3.45. The summed E-state index contributed by atoms with van der Waals surface area (Å²) in [6, 6.07) is 10.6. The molecule has 0 amide bonds. The quantitative estimate of drug-likeness (QED) is 0.796. The lowest BCUT2D eigenvalue weighted by molar-refractivity contribution is 0.773. The average Bonchev–Trinajstić information content (AvgIpc) is 2.80. The first-order valence-electron chi connectivity index (χ1n) is 7.29. The van der Waals surface area contributed by atoms with Gasteiger partial charge in [-0.3, -0.25) is 4.68 Å². The third-order valence-corrected chi connectivity index (χ3v) is 3.80. The Morgan fingerprint density at radius 1 is 1.24 bits per heavy atom. The molecule has 0 aliphatic heterocycles. The van der Waals surface area contributed by atoms with Crippen molar-refractivity contribution in [3.8, 4) is 0 Å². The molecule has 0 spiro atoms. The number of aryl methyl sites for hydroxylation is 3. The number of para-hydroxylation sites is 1. The number of rotatable bonds is 4. The second kappa shape index (κ2) is 5.56. The number of benzene rings is 1. The highest BCUT2D eigenvalue weighted by Gasteiger charge is 2.07. The third kappa shape index (κ3) is 2.61. The Balaban J connectivity index is 1.83. The summed E-state index contributed by atoms with van der Waals surface area (Å²) in [6.45, 7) is 4.97. The zero-order valence-corrected chi connectivity index (χ0v) is 12.7. The van der Waals surface area contributed by atoms with E-state index >= 15 is 0 Å². The van der Waals surface area contributed by atoms with Gasteiger partial charge in [0.05, 0.1) is 5.69 Å². The topological polar surface area (TPSA) is 42.7 Å². The van der Waals surface area contributed by atoms with E-state index in [2.05, 4.69) is 52.7 Å². The number of pyridine rings is 1. The highest BCUT2D eigenvalue weighted by molar-refractivity contribution is 5.78. The molecule has 0 atom stereocenters. The number of hydrogen-bond donors (Lipinski definition) is 1. The van der Waals surface area contributed by atoms with Crippen molar-refractivity contribution >= 4 is 16.7 Å². The molecule has 0 fully saturated rings. The molecule has 21 heavy (non-hydrogen) atoms. The second-order valence-corrected chi connectivity index (χ2v) is 5.29. The first-order valence-corrected chi connectivity index (χ1v) is 7.29. The summed E-state index contributed by atoms with van der Waals surface area (Å²) in [5.74, 6) is 0. The molecule has 0 aliphatic carbocycles. The molecule has 0 radical (unpaired) electrons. The van der Waals surface area contributed by atoms with E-state index < -0.39 is 0 Å². The maximum Gasteiger partial charge on any atom is 0.157 e. The highest BCUT2D eigenvalue weighted by atomic mass is 15.3. The van der Waals surface area contributed by atoms with E-state index in [1.807, 2.05) is 24.9 Å². The van der Waals surface area contributed by atoms with Crippen LogP contribution in [0.15, 0.2) is 36.5 Å². The fraction of sp³-hybridized carbons (Fsp3) is 0.294. The Kier molecular flexibility index (Phi) is 3.60. The van der Waals surface area contributed by atoms with Gasteiger partial charge >= 0.3 is 0 Å². The van der Waals surface area contributed by atoms with Crippen LogP contribution in [0, 0.1) is 6.92 Å². The van der Waals surface area contributed by atoms with Gasteiger partial charge in [-0.25, -0.2) is 4.98 Å². The summed E-state index contributed by atoms with van der Waals surface area (Å²) in [4.78, 5) is 4.52. The van der Waals surface area contributed by atoms with Crippen LogP contribution >= 0.6 is 0 Å². The Labute approximate surface area is 124 Å². The smallest absolute Gasteiger partial charge is 0.157 e. The third-order valence-electron chi connectivity index (χ3n) is 3.80. The highest BCUT2D eigenvalue weighted by Crippen LogP contribution is 2.19. The normalized spacial score (nSPS) is 11.0. The standard InChI is InChI=1S/C17H20N4/c1-4-14-7-5-6-8-16(14)18-10-13-9-15-12(2)20-21(3)17(15)19-11-13/h5-9,11,18H,4,10H2,1-3H3. The molecule has 1 N–H and O–H groups in total. The first kappa shape index (κ1) is 13.6. The molecule has 2 aromatic heterocycles. The van der Waals surface area contributed by atoms with Gasteiger partial charge in [0, 0.05) is 30.9 Å². The Hall–Kier alpha value is -2.36. The van der Waals surface area contributed by atoms with E-state index in [4.69, 9.17) is 0 Å². The number of hydrogen-bond acceptors (Lipinski definition) is 3. The lowest BCUT2D eigenvalue weighted by Crippen LogP contribution is -2.02. The van der Waals surface area contributed by atoms with Gasteiger partial charge < -0.3 is 5.32 Å². The summed E-state index contributed by atoms with van der Waals surface area (Å²) < 4.78 is 1.83. The van der Waals surface area contributed by atoms with Crippen molar-refractivity contribution in [3.63, 3.8) is 0 Å². The molecular formula is C17H20N4. The molecule has 4 heteroatoms. The van der Waals surface area contributed by atoms with Crippen LogP contribution in [0.5, 0.6) is 0 Å². The van der Waals surface area contributed by atoms with Gasteiger partial charge in [-0.05, 0) is 36.6 Å². The van der Waals surface area contributed by atoms with Crippen LogP contribution in [-0.2, 0) is 20.0 Å². The molecule has 0 saturated heterocycles. The van der Waals surface area contributed by atoms with E-state index in [-0.39, 0.29) is 0 Å². The molecule has 1 aromatic carbocycles. The molecule has 0 aliphatic rings.